The van der Waals surface area contributed by atoms with Crippen LogP contribution >= 0.6 is 11.3 Å². The molecule has 5 rings (SSSR count). The first-order chi connectivity index (χ1) is 16.8. The van der Waals surface area contributed by atoms with Gasteiger partial charge in [-0.1, -0.05) is 44.2 Å². The normalized spacial score (nSPS) is 12.6. The van der Waals surface area contributed by atoms with Crippen molar-refractivity contribution >= 4 is 33.3 Å². The highest BCUT2D eigenvalue weighted by Crippen LogP contribution is 2.43. The number of nitrogens with one attached hydrogen (secondary N) is 1. The standard InChI is InChI=1S/C28H25FN4OS/c1-18-6-4-5-7-23(18)25(28(2,3)26(34)32-27-30-14-15-35-27)19-8-13-24-20(16-19)17-31-33(24)22-11-9-21(29)10-12-22/h4-17,25H,1-3H3,(H,30,32,34). The molecule has 2 aromatic heterocycles. The summed E-state index contributed by atoms with van der Waals surface area (Å²) in [5.41, 5.74) is 4.15. The van der Waals surface area contributed by atoms with Gasteiger partial charge in [0.25, 0.3) is 0 Å². The highest BCUT2D eigenvalue weighted by Gasteiger charge is 2.40. The minimum atomic E-state index is -0.779. The molecular weight excluding hydrogens is 459 g/mol. The lowest BCUT2D eigenvalue weighted by molar-refractivity contribution is -0.124. The van der Waals surface area contributed by atoms with Gasteiger partial charge in [0, 0.05) is 22.9 Å². The summed E-state index contributed by atoms with van der Waals surface area (Å²) in [6, 6.07) is 20.6. The fourth-order valence-corrected chi connectivity index (χ4v) is 5.11. The van der Waals surface area contributed by atoms with E-state index in [9.17, 15) is 9.18 Å². The number of carbonyl (C=O) groups is 1. The average Bonchev–Trinajstić information content (AvgIpc) is 3.51. The van der Waals surface area contributed by atoms with Gasteiger partial charge >= 0.3 is 0 Å². The fourth-order valence-electron chi connectivity index (χ4n) is 4.59. The number of thiazole rings is 1. The quantitative estimate of drug-likeness (QED) is 0.291. The Morgan fingerprint density at radius 1 is 1.09 bits per heavy atom. The van der Waals surface area contributed by atoms with Gasteiger partial charge in [-0.3, -0.25) is 4.79 Å². The third-order valence-electron chi connectivity index (χ3n) is 6.46. The fraction of sp³-hybridized carbons (Fsp3) is 0.179. The van der Waals surface area contributed by atoms with E-state index in [4.69, 9.17) is 0 Å². The van der Waals surface area contributed by atoms with Gasteiger partial charge < -0.3 is 5.32 Å². The lowest BCUT2D eigenvalue weighted by Crippen LogP contribution is -2.37. The van der Waals surface area contributed by atoms with Crippen LogP contribution in [0.1, 0.15) is 36.5 Å². The molecule has 3 aromatic carbocycles. The van der Waals surface area contributed by atoms with Crippen LogP contribution in [0.3, 0.4) is 0 Å². The van der Waals surface area contributed by atoms with Gasteiger partial charge in [-0.05, 0) is 60.0 Å². The maximum atomic E-state index is 13.5. The topological polar surface area (TPSA) is 59.8 Å². The molecule has 1 N–H and O–H groups in total. The predicted octanol–water partition coefficient (Wildman–Crippen LogP) is 6.73. The first-order valence-corrected chi connectivity index (χ1v) is 12.2. The van der Waals surface area contributed by atoms with E-state index in [1.165, 1.54) is 23.5 Å². The molecule has 0 spiro atoms. The predicted molar refractivity (Wildman–Crippen MR) is 139 cm³/mol. The van der Waals surface area contributed by atoms with E-state index in [1.807, 2.05) is 37.4 Å². The summed E-state index contributed by atoms with van der Waals surface area (Å²) in [7, 11) is 0. The number of amides is 1. The summed E-state index contributed by atoms with van der Waals surface area (Å²) < 4.78 is 15.2. The van der Waals surface area contributed by atoms with Crippen molar-refractivity contribution in [3.8, 4) is 5.69 Å². The smallest absolute Gasteiger partial charge is 0.232 e. The second-order valence-corrected chi connectivity index (χ2v) is 10.0. The van der Waals surface area contributed by atoms with Crippen LogP contribution in [0.25, 0.3) is 16.6 Å². The summed E-state index contributed by atoms with van der Waals surface area (Å²) in [6.07, 6.45) is 3.48. The van der Waals surface area contributed by atoms with Gasteiger partial charge in [-0.2, -0.15) is 5.10 Å². The van der Waals surface area contributed by atoms with Crippen molar-refractivity contribution in [2.75, 3.05) is 5.32 Å². The van der Waals surface area contributed by atoms with Crippen molar-refractivity contribution in [1.29, 1.82) is 0 Å². The van der Waals surface area contributed by atoms with Gasteiger partial charge in [-0.15, -0.1) is 11.3 Å². The zero-order chi connectivity index (χ0) is 24.6. The average molecular weight is 485 g/mol. The molecule has 5 aromatic rings. The highest BCUT2D eigenvalue weighted by atomic mass is 32.1. The number of fused-ring (bicyclic) bond motifs is 1. The van der Waals surface area contributed by atoms with E-state index in [0.29, 0.717) is 5.13 Å². The third kappa shape index (κ3) is 4.35. The molecule has 0 aliphatic carbocycles. The molecule has 0 saturated carbocycles. The summed E-state index contributed by atoms with van der Waals surface area (Å²) in [6.45, 7) is 6.01. The number of anilines is 1. The maximum Gasteiger partial charge on any atom is 0.232 e. The Kier molecular flexibility index (Phi) is 5.94. The Morgan fingerprint density at radius 2 is 1.86 bits per heavy atom. The van der Waals surface area contributed by atoms with Gasteiger partial charge in [0.2, 0.25) is 5.91 Å². The molecule has 1 unspecified atom stereocenters. The molecule has 2 heterocycles. The molecule has 1 atom stereocenters. The number of benzene rings is 3. The lowest BCUT2D eigenvalue weighted by atomic mass is 9.69. The van der Waals surface area contributed by atoms with E-state index >= 15 is 0 Å². The minimum absolute atomic E-state index is 0.0946. The van der Waals surface area contributed by atoms with E-state index in [0.717, 1.165) is 33.3 Å². The van der Waals surface area contributed by atoms with Gasteiger partial charge in [-0.25, -0.2) is 14.1 Å². The molecule has 35 heavy (non-hydrogen) atoms. The first kappa shape index (κ1) is 22.9. The number of aryl methyl sites for hydroxylation is 1. The summed E-state index contributed by atoms with van der Waals surface area (Å²) in [5, 5.41) is 10.9. The second-order valence-electron chi connectivity index (χ2n) is 9.15. The minimum Gasteiger partial charge on any atom is -0.301 e. The maximum absolute atomic E-state index is 13.5. The van der Waals surface area contributed by atoms with Crippen molar-refractivity contribution in [3.63, 3.8) is 0 Å². The van der Waals surface area contributed by atoms with Crippen LogP contribution in [0, 0.1) is 18.2 Å². The van der Waals surface area contributed by atoms with Crippen LogP contribution in [0.4, 0.5) is 9.52 Å². The van der Waals surface area contributed by atoms with Crippen LogP contribution in [0.5, 0.6) is 0 Å². The SMILES string of the molecule is Cc1ccccc1C(c1ccc2c(cnn2-c2ccc(F)cc2)c1)C(C)(C)C(=O)Nc1nccs1. The molecule has 5 nitrogen and oxygen atoms in total. The molecule has 0 radical (unpaired) electrons. The zero-order valence-electron chi connectivity index (χ0n) is 19.7. The summed E-state index contributed by atoms with van der Waals surface area (Å²) in [4.78, 5) is 17.7. The van der Waals surface area contributed by atoms with Crippen LogP contribution in [0.15, 0.2) is 84.5 Å². The number of aromatic nitrogens is 3. The van der Waals surface area contributed by atoms with E-state index in [1.54, 1.807) is 29.2 Å². The first-order valence-electron chi connectivity index (χ1n) is 11.3. The van der Waals surface area contributed by atoms with Crippen LogP contribution in [-0.2, 0) is 4.79 Å². The second kappa shape index (κ2) is 9.07. The van der Waals surface area contributed by atoms with Gasteiger partial charge in [0.05, 0.1) is 22.8 Å². The molecule has 1 amide bonds. The molecule has 0 saturated heterocycles. The Balaban J connectivity index is 1.60. The van der Waals surface area contributed by atoms with Crippen molar-refractivity contribution in [2.45, 2.75) is 26.7 Å². The van der Waals surface area contributed by atoms with Crippen molar-refractivity contribution in [3.05, 3.63) is 107 Å². The van der Waals surface area contributed by atoms with Crippen LogP contribution in [-0.4, -0.2) is 20.7 Å². The molecule has 0 aliphatic heterocycles. The number of carbonyl (C=O) groups excluding carboxylic acids is 1. The van der Waals surface area contributed by atoms with E-state index in [-0.39, 0.29) is 17.6 Å². The van der Waals surface area contributed by atoms with E-state index in [2.05, 4.69) is 46.6 Å². The number of nitrogens with zero attached hydrogens (tertiary/aromatic N) is 3. The largest absolute Gasteiger partial charge is 0.301 e. The Labute approximate surface area is 207 Å². The van der Waals surface area contributed by atoms with Crippen molar-refractivity contribution in [2.24, 2.45) is 5.41 Å². The molecular formula is C28H25FN4OS. The number of rotatable bonds is 6. The van der Waals surface area contributed by atoms with Gasteiger partial charge in [0.1, 0.15) is 5.82 Å². The Morgan fingerprint density at radius 3 is 2.57 bits per heavy atom. The lowest BCUT2D eigenvalue weighted by Gasteiger charge is -2.34. The monoisotopic (exact) mass is 484 g/mol. The van der Waals surface area contributed by atoms with Crippen LogP contribution < -0.4 is 5.32 Å². The zero-order valence-corrected chi connectivity index (χ0v) is 20.5. The van der Waals surface area contributed by atoms with Gasteiger partial charge in [0.15, 0.2) is 5.13 Å². The third-order valence-corrected chi connectivity index (χ3v) is 7.14. The number of halogens is 1. The summed E-state index contributed by atoms with van der Waals surface area (Å²) >= 11 is 1.40. The van der Waals surface area contributed by atoms with Crippen molar-refractivity contribution in [1.82, 2.24) is 14.8 Å². The molecule has 7 heteroatoms. The molecule has 0 fully saturated rings. The Bertz CT molecular complexity index is 1490. The number of hydrogen-bond donors (Lipinski definition) is 1. The molecule has 0 bridgehead atoms. The van der Waals surface area contributed by atoms with Crippen LogP contribution in [0.2, 0.25) is 0 Å². The number of hydrogen-bond acceptors (Lipinski definition) is 4. The molecule has 0 aliphatic rings. The molecule has 176 valence electrons. The summed E-state index contributed by atoms with van der Waals surface area (Å²) in [5.74, 6) is -0.586. The Hall–Kier alpha value is -3.84. The van der Waals surface area contributed by atoms with E-state index < -0.39 is 5.41 Å². The van der Waals surface area contributed by atoms with Crippen molar-refractivity contribution < 1.29 is 9.18 Å². The highest BCUT2D eigenvalue weighted by molar-refractivity contribution is 7.13.